The molecule has 1 heterocycles. The molecule has 0 saturated heterocycles. The van der Waals surface area contributed by atoms with Crippen molar-refractivity contribution in [1.82, 2.24) is 5.32 Å². The molecule has 0 spiro atoms. The summed E-state index contributed by atoms with van der Waals surface area (Å²) in [5, 5.41) is 13.1. The number of hydrogen-bond donors (Lipinski definition) is 2. The molecule has 0 bridgehead atoms. The average Bonchev–Trinajstić information content (AvgIpc) is 3.25. The first-order valence-electron chi connectivity index (χ1n) is 7.20. The van der Waals surface area contributed by atoms with E-state index < -0.39 is 0 Å². The third kappa shape index (κ3) is 2.85. The molecule has 1 atom stereocenters. The first-order chi connectivity index (χ1) is 9.28. The number of anilines is 2. The quantitative estimate of drug-likeness (QED) is 0.831. The van der Waals surface area contributed by atoms with Gasteiger partial charge < -0.3 is 20.2 Å². The lowest BCUT2D eigenvalue weighted by atomic mass is 10.1. The van der Waals surface area contributed by atoms with Crippen LogP contribution in [0, 0.1) is 0 Å². The Morgan fingerprint density at radius 2 is 2.00 bits per heavy atom. The van der Waals surface area contributed by atoms with E-state index in [1.54, 1.807) is 0 Å². The molecule has 1 aliphatic carbocycles. The summed E-state index contributed by atoms with van der Waals surface area (Å²) in [6.45, 7) is 3.16. The number of nitrogens with one attached hydrogen (secondary N) is 1. The third-order valence-electron chi connectivity index (χ3n) is 4.05. The first-order valence-corrected chi connectivity index (χ1v) is 7.20. The van der Waals surface area contributed by atoms with Gasteiger partial charge in [-0.05, 0) is 25.0 Å². The Morgan fingerprint density at radius 1 is 1.26 bits per heavy atom. The molecular formula is C15H23N3O. The number of para-hydroxylation sites is 2. The van der Waals surface area contributed by atoms with Crippen molar-refractivity contribution in [2.75, 3.05) is 43.1 Å². The molecule has 4 heteroatoms. The number of hydrogen-bond acceptors (Lipinski definition) is 4. The Labute approximate surface area is 115 Å². The molecule has 1 aromatic carbocycles. The van der Waals surface area contributed by atoms with Gasteiger partial charge >= 0.3 is 0 Å². The molecule has 1 unspecified atom stereocenters. The number of rotatable bonds is 5. The first kappa shape index (κ1) is 12.8. The zero-order chi connectivity index (χ0) is 13.2. The number of aliphatic hydroxyl groups is 1. The number of nitrogens with zero attached hydrogens (tertiary/aromatic N) is 2. The Hall–Kier alpha value is -1.26. The molecule has 2 N–H and O–H groups in total. The molecule has 0 amide bonds. The molecule has 1 aliphatic heterocycles. The molecule has 1 fully saturated rings. The molecule has 19 heavy (non-hydrogen) atoms. The van der Waals surface area contributed by atoms with E-state index in [0.29, 0.717) is 6.04 Å². The van der Waals surface area contributed by atoms with Crippen molar-refractivity contribution < 1.29 is 5.11 Å². The van der Waals surface area contributed by atoms with Crippen molar-refractivity contribution >= 4 is 11.4 Å². The number of aliphatic hydroxyl groups excluding tert-OH is 1. The minimum Gasteiger partial charge on any atom is -0.395 e. The van der Waals surface area contributed by atoms with E-state index in [0.717, 1.165) is 19.6 Å². The maximum Gasteiger partial charge on any atom is 0.0605 e. The highest BCUT2D eigenvalue weighted by molar-refractivity contribution is 5.73. The maximum atomic E-state index is 9.53. The van der Waals surface area contributed by atoms with Gasteiger partial charge in [0.05, 0.1) is 18.0 Å². The van der Waals surface area contributed by atoms with Crippen LogP contribution >= 0.6 is 0 Å². The van der Waals surface area contributed by atoms with E-state index in [2.05, 4.69) is 46.4 Å². The molecule has 2 aliphatic rings. The summed E-state index contributed by atoms with van der Waals surface area (Å²) >= 11 is 0. The van der Waals surface area contributed by atoms with E-state index in [1.165, 1.54) is 24.2 Å². The minimum atomic E-state index is 0.184. The molecule has 1 aromatic rings. The van der Waals surface area contributed by atoms with Crippen LogP contribution in [0.2, 0.25) is 0 Å². The minimum absolute atomic E-state index is 0.184. The van der Waals surface area contributed by atoms with Crippen LogP contribution in [0.5, 0.6) is 0 Å². The van der Waals surface area contributed by atoms with Gasteiger partial charge in [-0.2, -0.15) is 0 Å². The molecule has 3 rings (SSSR count). The van der Waals surface area contributed by atoms with E-state index in [1.807, 2.05) is 0 Å². The van der Waals surface area contributed by atoms with Gasteiger partial charge in [-0.15, -0.1) is 0 Å². The summed E-state index contributed by atoms with van der Waals surface area (Å²) in [5.74, 6) is 0. The number of fused-ring (bicyclic) bond motifs is 1. The van der Waals surface area contributed by atoms with Gasteiger partial charge in [0, 0.05) is 38.8 Å². The number of benzene rings is 1. The summed E-state index contributed by atoms with van der Waals surface area (Å²) in [7, 11) is 2.14. The van der Waals surface area contributed by atoms with Crippen molar-refractivity contribution in [2.45, 2.75) is 24.9 Å². The van der Waals surface area contributed by atoms with Gasteiger partial charge in [-0.3, -0.25) is 0 Å². The predicted octanol–water partition coefficient (Wildman–Crippen LogP) is 1.06. The molecule has 0 aromatic heterocycles. The lowest BCUT2D eigenvalue weighted by Gasteiger charge is -2.38. The summed E-state index contributed by atoms with van der Waals surface area (Å²) in [6.07, 6.45) is 2.52. The maximum absolute atomic E-state index is 9.53. The van der Waals surface area contributed by atoms with E-state index in [4.69, 9.17) is 0 Å². The largest absolute Gasteiger partial charge is 0.395 e. The van der Waals surface area contributed by atoms with Gasteiger partial charge in [-0.25, -0.2) is 0 Å². The second-order valence-electron chi connectivity index (χ2n) is 5.68. The van der Waals surface area contributed by atoms with Crippen LogP contribution in [0.3, 0.4) is 0 Å². The average molecular weight is 261 g/mol. The summed E-state index contributed by atoms with van der Waals surface area (Å²) in [5.41, 5.74) is 2.57. The van der Waals surface area contributed by atoms with Crippen LogP contribution < -0.4 is 15.1 Å². The monoisotopic (exact) mass is 261 g/mol. The fourth-order valence-corrected chi connectivity index (χ4v) is 2.77. The smallest absolute Gasteiger partial charge is 0.0605 e. The van der Waals surface area contributed by atoms with Crippen molar-refractivity contribution in [3.63, 3.8) is 0 Å². The van der Waals surface area contributed by atoms with Gasteiger partial charge in [0.1, 0.15) is 0 Å². The van der Waals surface area contributed by atoms with E-state index >= 15 is 0 Å². The van der Waals surface area contributed by atoms with Crippen molar-refractivity contribution in [1.29, 1.82) is 0 Å². The van der Waals surface area contributed by atoms with Crippen LogP contribution in [-0.2, 0) is 0 Å². The second kappa shape index (κ2) is 5.39. The Bertz CT molecular complexity index is 433. The molecule has 4 nitrogen and oxygen atoms in total. The van der Waals surface area contributed by atoms with Gasteiger partial charge in [0.15, 0.2) is 0 Å². The van der Waals surface area contributed by atoms with Crippen molar-refractivity contribution in [2.24, 2.45) is 0 Å². The fraction of sp³-hybridized carbons (Fsp3) is 0.600. The highest BCUT2D eigenvalue weighted by Crippen LogP contribution is 2.31. The summed E-state index contributed by atoms with van der Waals surface area (Å²) in [4.78, 5) is 4.69. The molecular weight excluding hydrogens is 238 g/mol. The van der Waals surface area contributed by atoms with E-state index in [-0.39, 0.29) is 12.6 Å². The molecule has 104 valence electrons. The predicted molar refractivity (Wildman–Crippen MR) is 79.0 cm³/mol. The normalized spacial score (nSPS) is 20.3. The zero-order valence-corrected chi connectivity index (χ0v) is 11.5. The fourth-order valence-electron chi connectivity index (χ4n) is 2.77. The van der Waals surface area contributed by atoms with Gasteiger partial charge in [0.2, 0.25) is 0 Å². The van der Waals surface area contributed by atoms with Crippen LogP contribution in [0.1, 0.15) is 12.8 Å². The summed E-state index contributed by atoms with van der Waals surface area (Å²) in [6, 6.07) is 9.35. The van der Waals surface area contributed by atoms with Gasteiger partial charge in [-0.1, -0.05) is 12.1 Å². The molecule has 1 saturated carbocycles. The second-order valence-corrected chi connectivity index (χ2v) is 5.68. The Kier molecular flexibility index (Phi) is 3.62. The Morgan fingerprint density at radius 3 is 2.68 bits per heavy atom. The summed E-state index contributed by atoms with van der Waals surface area (Å²) < 4.78 is 0. The topological polar surface area (TPSA) is 38.7 Å². The van der Waals surface area contributed by atoms with Gasteiger partial charge in [0.25, 0.3) is 0 Å². The van der Waals surface area contributed by atoms with E-state index in [9.17, 15) is 5.11 Å². The molecule has 0 radical (unpaired) electrons. The van der Waals surface area contributed by atoms with Crippen molar-refractivity contribution in [3.05, 3.63) is 24.3 Å². The lowest BCUT2D eigenvalue weighted by molar-refractivity contribution is 0.242. The SMILES string of the molecule is CN1CCN(CC(CO)NC2CC2)c2ccccc21. The highest BCUT2D eigenvalue weighted by Gasteiger charge is 2.27. The third-order valence-corrected chi connectivity index (χ3v) is 4.05. The van der Waals surface area contributed by atoms with Crippen LogP contribution in [0.15, 0.2) is 24.3 Å². The van der Waals surface area contributed by atoms with Crippen LogP contribution in [-0.4, -0.2) is 50.5 Å². The van der Waals surface area contributed by atoms with Crippen LogP contribution in [0.25, 0.3) is 0 Å². The van der Waals surface area contributed by atoms with Crippen LogP contribution in [0.4, 0.5) is 11.4 Å². The Balaban J connectivity index is 1.72. The zero-order valence-electron chi connectivity index (χ0n) is 11.5. The number of likely N-dealkylation sites (N-methyl/N-ethyl adjacent to an activating group) is 1. The van der Waals surface area contributed by atoms with Crippen molar-refractivity contribution in [3.8, 4) is 0 Å². The standard InChI is InChI=1S/C15H23N3O/c1-17-8-9-18(15-5-3-2-4-14(15)17)10-13(11-19)16-12-6-7-12/h2-5,12-13,16,19H,6-11H2,1H3. The lowest BCUT2D eigenvalue weighted by Crippen LogP contribution is -2.48. The highest BCUT2D eigenvalue weighted by atomic mass is 16.3.